The van der Waals surface area contributed by atoms with Gasteiger partial charge in [-0.15, -0.1) is 0 Å². The number of anilines is 1. The van der Waals surface area contributed by atoms with Crippen LogP contribution in [0.3, 0.4) is 0 Å². The highest BCUT2D eigenvalue weighted by molar-refractivity contribution is 6.11. The number of aryl methyl sites for hydroxylation is 2. The van der Waals surface area contributed by atoms with E-state index in [4.69, 9.17) is 9.72 Å². The highest BCUT2D eigenvalue weighted by Crippen LogP contribution is 2.38. The second-order valence-corrected chi connectivity index (χ2v) is 6.40. The van der Waals surface area contributed by atoms with Crippen LogP contribution >= 0.6 is 0 Å². The van der Waals surface area contributed by atoms with Gasteiger partial charge in [-0.05, 0) is 31.5 Å². The minimum atomic E-state index is -0.190. The molecule has 7 heteroatoms. The average Bonchev–Trinajstić information content (AvgIpc) is 3.16. The van der Waals surface area contributed by atoms with Crippen molar-refractivity contribution in [3.63, 3.8) is 0 Å². The third-order valence-electron chi connectivity index (χ3n) is 4.65. The number of hydrogen-bond acceptors (Lipinski definition) is 5. The molecular weight excluding hydrogens is 330 g/mol. The largest absolute Gasteiger partial charge is 0.495 e. The fourth-order valence-corrected chi connectivity index (χ4v) is 3.35. The molecule has 0 saturated heterocycles. The second-order valence-electron chi connectivity index (χ2n) is 6.40. The average molecular weight is 349 g/mol. The molecule has 0 aromatic carbocycles. The third-order valence-corrected chi connectivity index (χ3v) is 4.65. The molecule has 4 heterocycles. The number of pyridine rings is 2. The number of nitrogens with zero attached hydrogens (tertiary/aromatic N) is 5. The molecule has 1 aliphatic rings. The van der Waals surface area contributed by atoms with Crippen molar-refractivity contribution in [3.8, 4) is 17.0 Å². The first-order valence-corrected chi connectivity index (χ1v) is 8.33. The van der Waals surface area contributed by atoms with E-state index in [-0.39, 0.29) is 11.9 Å². The van der Waals surface area contributed by atoms with Crippen LogP contribution in [-0.4, -0.2) is 32.8 Å². The Bertz CT molecular complexity index is 1010. The molecule has 0 N–H and O–H groups in total. The van der Waals surface area contributed by atoms with Gasteiger partial charge in [-0.25, -0.2) is 4.98 Å². The summed E-state index contributed by atoms with van der Waals surface area (Å²) in [4.78, 5) is 23.7. The molecule has 7 nitrogen and oxygen atoms in total. The molecule has 0 aliphatic carbocycles. The molecule has 3 aromatic rings. The number of aromatic nitrogens is 4. The van der Waals surface area contributed by atoms with Crippen molar-refractivity contribution in [2.24, 2.45) is 7.05 Å². The van der Waals surface area contributed by atoms with Gasteiger partial charge < -0.3 is 4.74 Å². The van der Waals surface area contributed by atoms with Gasteiger partial charge in [0.05, 0.1) is 36.3 Å². The monoisotopic (exact) mass is 349 g/mol. The summed E-state index contributed by atoms with van der Waals surface area (Å²) >= 11 is 0. The second kappa shape index (κ2) is 5.94. The van der Waals surface area contributed by atoms with E-state index in [0.29, 0.717) is 17.1 Å². The maximum absolute atomic E-state index is 13.0. The van der Waals surface area contributed by atoms with Gasteiger partial charge in [0.1, 0.15) is 5.75 Å². The van der Waals surface area contributed by atoms with Gasteiger partial charge in [-0.3, -0.25) is 19.4 Å². The van der Waals surface area contributed by atoms with Crippen molar-refractivity contribution in [2.45, 2.75) is 19.9 Å². The Morgan fingerprint density at radius 1 is 1.23 bits per heavy atom. The smallest absolute Gasteiger partial charge is 0.262 e. The van der Waals surface area contributed by atoms with Crippen LogP contribution < -0.4 is 9.64 Å². The number of amides is 1. The number of carbonyl (C=O) groups excluding carboxylic acids is 1. The van der Waals surface area contributed by atoms with Crippen molar-refractivity contribution in [2.75, 3.05) is 12.0 Å². The van der Waals surface area contributed by atoms with Crippen LogP contribution in [0.5, 0.6) is 5.75 Å². The zero-order chi connectivity index (χ0) is 18.4. The van der Waals surface area contributed by atoms with E-state index in [1.165, 1.54) is 0 Å². The standard InChI is InChI=1S/C19H19N5O2/c1-11-7-15(13-8-14(26-4)10-20-9-13)21-18-12(2)24(19(25)17(11)18)16-5-6-23(3)22-16/h5-10,12H,1-4H3/t12-/m1/s1. The summed E-state index contributed by atoms with van der Waals surface area (Å²) in [5, 5.41) is 4.38. The summed E-state index contributed by atoms with van der Waals surface area (Å²) in [7, 11) is 3.44. The number of methoxy groups -OCH3 is 1. The number of carbonyl (C=O) groups is 1. The molecule has 1 amide bonds. The maximum Gasteiger partial charge on any atom is 0.262 e. The first kappa shape index (κ1) is 16.3. The van der Waals surface area contributed by atoms with Gasteiger partial charge in [0.15, 0.2) is 5.82 Å². The predicted octanol–water partition coefficient (Wildman–Crippen LogP) is 2.92. The van der Waals surface area contributed by atoms with E-state index in [9.17, 15) is 4.79 Å². The normalized spacial score (nSPS) is 16.1. The van der Waals surface area contributed by atoms with E-state index in [1.54, 1.807) is 29.1 Å². The number of hydrogen-bond donors (Lipinski definition) is 0. The Labute approximate surface area is 151 Å². The number of fused-ring (bicyclic) bond motifs is 1. The Morgan fingerprint density at radius 2 is 2.04 bits per heavy atom. The summed E-state index contributed by atoms with van der Waals surface area (Å²) in [6.45, 7) is 3.91. The molecule has 0 bridgehead atoms. The maximum atomic E-state index is 13.0. The Kier molecular flexibility index (Phi) is 3.72. The van der Waals surface area contributed by atoms with Crippen molar-refractivity contribution in [1.29, 1.82) is 0 Å². The molecule has 1 aliphatic heterocycles. The van der Waals surface area contributed by atoms with Crippen LogP contribution in [0.1, 0.15) is 34.6 Å². The SMILES string of the molecule is COc1cncc(-c2cc(C)c3c(n2)[C@@H](C)N(c2ccn(C)n2)C3=O)c1. The molecule has 0 unspecified atom stereocenters. The van der Waals surface area contributed by atoms with Crippen molar-refractivity contribution < 1.29 is 9.53 Å². The molecule has 3 aromatic heterocycles. The summed E-state index contributed by atoms with van der Waals surface area (Å²) in [5.74, 6) is 1.24. The highest BCUT2D eigenvalue weighted by atomic mass is 16.5. The topological polar surface area (TPSA) is 73.1 Å². The molecule has 0 saturated carbocycles. The summed E-state index contributed by atoms with van der Waals surface area (Å²) < 4.78 is 6.94. The van der Waals surface area contributed by atoms with E-state index >= 15 is 0 Å². The van der Waals surface area contributed by atoms with Gasteiger partial charge in [-0.1, -0.05) is 0 Å². The quantitative estimate of drug-likeness (QED) is 0.727. The zero-order valence-electron chi connectivity index (χ0n) is 15.1. The third kappa shape index (κ3) is 2.44. The summed E-state index contributed by atoms with van der Waals surface area (Å²) in [6.07, 6.45) is 5.22. The van der Waals surface area contributed by atoms with E-state index in [1.807, 2.05) is 45.3 Å². The van der Waals surface area contributed by atoms with Gasteiger partial charge in [0, 0.05) is 31.1 Å². The summed E-state index contributed by atoms with van der Waals surface area (Å²) in [5.41, 5.74) is 3.94. The van der Waals surface area contributed by atoms with Crippen LogP contribution in [0.4, 0.5) is 5.82 Å². The minimum absolute atomic E-state index is 0.0634. The first-order chi connectivity index (χ1) is 12.5. The fourth-order valence-electron chi connectivity index (χ4n) is 3.35. The number of rotatable bonds is 3. The highest BCUT2D eigenvalue weighted by Gasteiger charge is 2.39. The summed E-state index contributed by atoms with van der Waals surface area (Å²) in [6, 6.07) is 5.45. The van der Waals surface area contributed by atoms with E-state index in [2.05, 4.69) is 10.1 Å². The van der Waals surface area contributed by atoms with Gasteiger partial charge >= 0.3 is 0 Å². The Morgan fingerprint density at radius 3 is 2.73 bits per heavy atom. The molecule has 0 radical (unpaired) electrons. The van der Waals surface area contributed by atoms with Crippen molar-refractivity contribution >= 4 is 11.7 Å². The first-order valence-electron chi connectivity index (χ1n) is 8.33. The van der Waals surface area contributed by atoms with Crippen LogP contribution in [-0.2, 0) is 7.05 Å². The minimum Gasteiger partial charge on any atom is -0.495 e. The molecule has 132 valence electrons. The van der Waals surface area contributed by atoms with Crippen LogP contribution in [0.2, 0.25) is 0 Å². The Hall–Kier alpha value is -3.22. The zero-order valence-corrected chi connectivity index (χ0v) is 15.1. The number of ether oxygens (including phenoxy) is 1. The van der Waals surface area contributed by atoms with Crippen molar-refractivity contribution in [1.82, 2.24) is 19.7 Å². The molecule has 26 heavy (non-hydrogen) atoms. The molecule has 0 spiro atoms. The molecule has 0 fully saturated rings. The van der Waals surface area contributed by atoms with E-state index in [0.717, 1.165) is 22.5 Å². The van der Waals surface area contributed by atoms with Crippen LogP contribution in [0, 0.1) is 6.92 Å². The van der Waals surface area contributed by atoms with Gasteiger partial charge in [-0.2, -0.15) is 5.10 Å². The van der Waals surface area contributed by atoms with E-state index < -0.39 is 0 Å². The fraction of sp³-hybridized carbons (Fsp3) is 0.263. The lowest BCUT2D eigenvalue weighted by molar-refractivity contribution is 0.0991. The lowest BCUT2D eigenvalue weighted by Crippen LogP contribution is -2.27. The lowest BCUT2D eigenvalue weighted by atomic mass is 10.0. The molecule has 1 atom stereocenters. The molecule has 4 rings (SSSR count). The lowest BCUT2D eigenvalue weighted by Gasteiger charge is -2.18. The van der Waals surface area contributed by atoms with Crippen molar-refractivity contribution in [3.05, 3.63) is 53.6 Å². The van der Waals surface area contributed by atoms with Gasteiger partial charge in [0.2, 0.25) is 0 Å². The Balaban J connectivity index is 1.81. The molecular formula is C19H19N5O2. The van der Waals surface area contributed by atoms with Gasteiger partial charge in [0.25, 0.3) is 5.91 Å². The predicted molar refractivity (Wildman–Crippen MR) is 97.2 cm³/mol. The van der Waals surface area contributed by atoms with Crippen LogP contribution in [0.25, 0.3) is 11.3 Å². The van der Waals surface area contributed by atoms with Crippen LogP contribution in [0.15, 0.2) is 36.8 Å².